The van der Waals surface area contributed by atoms with E-state index >= 15 is 0 Å². The molecule has 1 N–H and O–H groups in total. The van der Waals surface area contributed by atoms with Gasteiger partial charge in [-0.15, -0.1) is 0 Å². The van der Waals surface area contributed by atoms with E-state index in [1.165, 1.54) is 6.42 Å². The number of hydrogen-bond acceptors (Lipinski definition) is 2. The smallest absolute Gasteiger partial charge is 0.249 e. The summed E-state index contributed by atoms with van der Waals surface area (Å²) in [4.78, 5) is 28.0. The van der Waals surface area contributed by atoms with Crippen LogP contribution in [0.1, 0.15) is 44.8 Å². The molecule has 4 rings (SSSR count). The van der Waals surface area contributed by atoms with Gasteiger partial charge in [0, 0.05) is 22.9 Å². The number of aromatic nitrogens is 1. The summed E-state index contributed by atoms with van der Waals surface area (Å²) in [6, 6.07) is 10.4. The van der Waals surface area contributed by atoms with Gasteiger partial charge in [0.15, 0.2) is 6.04 Å². The van der Waals surface area contributed by atoms with Crippen molar-refractivity contribution in [2.45, 2.75) is 51.7 Å². The molecule has 2 aliphatic rings. The summed E-state index contributed by atoms with van der Waals surface area (Å²) in [7, 11) is 0. The van der Waals surface area contributed by atoms with Crippen molar-refractivity contribution >= 4 is 29.1 Å². The summed E-state index contributed by atoms with van der Waals surface area (Å²) in [5.41, 5.74) is 1.52. The third kappa shape index (κ3) is 3.44. The summed E-state index contributed by atoms with van der Waals surface area (Å²) >= 11 is 6.02. The predicted molar refractivity (Wildman–Crippen MR) is 110 cm³/mol. The van der Waals surface area contributed by atoms with E-state index in [-0.39, 0.29) is 24.4 Å². The lowest BCUT2D eigenvalue weighted by Crippen LogP contribution is -2.53. The van der Waals surface area contributed by atoms with Crippen molar-refractivity contribution in [1.82, 2.24) is 9.88 Å². The molecule has 6 heteroatoms. The van der Waals surface area contributed by atoms with Gasteiger partial charge in [0.25, 0.3) is 0 Å². The van der Waals surface area contributed by atoms with E-state index in [4.69, 9.17) is 11.6 Å². The Morgan fingerprint density at radius 3 is 2.64 bits per heavy atom. The van der Waals surface area contributed by atoms with Gasteiger partial charge in [-0.1, -0.05) is 38.3 Å². The van der Waals surface area contributed by atoms with Gasteiger partial charge in [-0.3, -0.25) is 14.5 Å². The van der Waals surface area contributed by atoms with Gasteiger partial charge in [0.2, 0.25) is 11.8 Å². The molecule has 1 aromatic carbocycles. The molecule has 0 bridgehead atoms. The van der Waals surface area contributed by atoms with Crippen molar-refractivity contribution in [2.75, 3.05) is 4.90 Å². The minimum atomic E-state index is -0.679. The molecule has 5 nitrogen and oxygen atoms in total. The number of nitrogens with one attached hydrogen (secondary N) is 1. The first-order valence-electron chi connectivity index (χ1n) is 9.98. The van der Waals surface area contributed by atoms with Crippen LogP contribution in [0.5, 0.6) is 0 Å². The fourth-order valence-electron chi connectivity index (χ4n) is 4.51. The minimum Gasteiger partial charge on any atom is -0.351 e. The summed E-state index contributed by atoms with van der Waals surface area (Å²) in [6.45, 7) is 4.68. The average Bonchev–Trinajstić information content (AvgIpc) is 3.13. The van der Waals surface area contributed by atoms with Gasteiger partial charge in [-0.25, -0.2) is 0 Å². The maximum atomic E-state index is 13.4. The highest BCUT2D eigenvalue weighted by Gasteiger charge is 2.40. The number of carbonyl (C=O) groups excluding carboxylic acids is 2. The van der Waals surface area contributed by atoms with Crippen molar-refractivity contribution in [3.63, 3.8) is 0 Å². The number of nitrogens with zero attached hydrogens (tertiary/aromatic N) is 2. The highest BCUT2D eigenvalue weighted by molar-refractivity contribution is 6.30. The molecule has 1 aromatic heterocycles. The van der Waals surface area contributed by atoms with E-state index in [2.05, 4.69) is 19.2 Å². The average molecular weight is 400 g/mol. The standard InChI is InChI=1S/C22H26ClN3O2/c1-14-5-3-6-18(15(14)2)24-22(28)21-19-7-4-12-25(19)13-20(27)26(21)17-10-8-16(23)9-11-17/h4,7-12,14-15,18,21H,3,5-6,13H2,1-2H3,(H,24,28). The number of carbonyl (C=O) groups is 2. The SMILES string of the molecule is CC1CCCC(NC(=O)C2c3cccn3CC(=O)N2c2ccc(Cl)cc2)C1C. The van der Waals surface area contributed by atoms with Crippen LogP contribution in [0.25, 0.3) is 0 Å². The van der Waals surface area contributed by atoms with Crippen LogP contribution in [-0.2, 0) is 16.1 Å². The molecule has 2 amide bonds. The predicted octanol–water partition coefficient (Wildman–Crippen LogP) is 4.17. The van der Waals surface area contributed by atoms with Crippen molar-refractivity contribution < 1.29 is 9.59 Å². The largest absolute Gasteiger partial charge is 0.351 e. The Morgan fingerprint density at radius 1 is 1.14 bits per heavy atom. The first-order chi connectivity index (χ1) is 13.5. The maximum Gasteiger partial charge on any atom is 0.249 e. The second-order valence-electron chi connectivity index (χ2n) is 8.09. The fourth-order valence-corrected chi connectivity index (χ4v) is 4.64. The third-order valence-electron chi connectivity index (χ3n) is 6.36. The Labute approximate surface area is 170 Å². The topological polar surface area (TPSA) is 54.3 Å². The van der Waals surface area contributed by atoms with E-state index in [1.807, 2.05) is 22.9 Å². The van der Waals surface area contributed by atoms with Crippen LogP contribution in [0, 0.1) is 11.8 Å². The van der Waals surface area contributed by atoms with E-state index < -0.39 is 6.04 Å². The van der Waals surface area contributed by atoms with Crippen LogP contribution < -0.4 is 10.2 Å². The number of amides is 2. The Hall–Kier alpha value is -2.27. The molecule has 1 aliphatic carbocycles. The molecule has 4 atom stereocenters. The van der Waals surface area contributed by atoms with Crippen molar-refractivity contribution in [3.8, 4) is 0 Å². The molecule has 148 valence electrons. The molecule has 0 saturated heterocycles. The lowest BCUT2D eigenvalue weighted by Gasteiger charge is -2.39. The van der Waals surface area contributed by atoms with Gasteiger partial charge >= 0.3 is 0 Å². The van der Waals surface area contributed by atoms with Gasteiger partial charge in [-0.05, 0) is 54.7 Å². The van der Waals surface area contributed by atoms with Crippen LogP contribution >= 0.6 is 11.6 Å². The molecule has 1 fully saturated rings. The number of rotatable bonds is 3. The van der Waals surface area contributed by atoms with Crippen molar-refractivity contribution in [2.24, 2.45) is 11.8 Å². The Morgan fingerprint density at radius 2 is 1.89 bits per heavy atom. The van der Waals surface area contributed by atoms with Crippen LogP contribution in [0.4, 0.5) is 5.69 Å². The monoisotopic (exact) mass is 399 g/mol. The highest BCUT2D eigenvalue weighted by Crippen LogP contribution is 2.34. The number of benzene rings is 1. The molecular weight excluding hydrogens is 374 g/mol. The first-order valence-corrected chi connectivity index (χ1v) is 10.4. The van der Waals surface area contributed by atoms with Gasteiger partial charge in [-0.2, -0.15) is 0 Å². The third-order valence-corrected chi connectivity index (χ3v) is 6.62. The zero-order valence-corrected chi connectivity index (χ0v) is 17.0. The van der Waals surface area contributed by atoms with E-state index in [0.717, 1.165) is 18.5 Å². The minimum absolute atomic E-state index is 0.101. The summed E-state index contributed by atoms with van der Waals surface area (Å²) in [5, 5.41) is 3.86. The lowest BCUT2D eigenvalue weighted by atomic mass is 9.78. The van der Waals surface area contributed by atoms with Crippen LogP contribution in [-0.4, -0.2) is 22.4 Å². The van der Waals surface area contributed by atoms with Gasteiger partial charge < -0.3 is 9.88 Å². The molecular formula is C22H26ClN3O2. The number of halogens is 1. The number of anilines is 1. The quantitative estimate of drug-likeness (QED) is 0.842. The lowest BCUT2D eigenvalue weighted by molar-refractivity contribution is -0.129. The van der Waals surface area contributed by atoms with Crippen LogP contribution in [0.15, 0.2) is 42.6 Å². The molecule has 1 saturated carbocycles. The highest BCUT2D eigenvalue weighted by atomic mass is 35.5. The zero-order valence-electron chi connectivity index (χ0n) is 16.3. The summed E-state index contributed by atoms with van der Waals surface area (Å²) in [5.74, 6) is 0.793. The van der Waals surface area contributed by atoms with Crippen LogP contribution in [0.2, 0.25) is 5.02 Å². The second-order valence-corrected chi connectivity index (χ2v) is 8.52. The van der Waals surface area contributed by atoms with E-state index in [9.17, 15) is 9.59 Å². The Bertz CT molecular complexity index is 876. The zero-order chi connectivity index (χ0) is 19.8. The molecule has 0 spiro atoms. The maximum absolute atomic E-state index is 13.4. The normalized spacial score (nSPS) is 27.4. The molecule has 1 aliphatic heterocycles. The molecule has 0 radical (unpaired) electrons. The first kappa shape index (κ1) is 19.1. The fraction of sp³-hybridized carbons (Fsp3) is 0.455. The Kier molecular flexibility index (Phi) is 5.19. The van der Waals surface area contributed by atoms with Crippen molar-refractivity contribution in [1.29, 1.82) is 0 Å². The van der Waals surface area contributed by atoms with E-state index in [1.54, 1.807) is 29.2 Å². The van der Waals surface area contributed by atoms with Crippen LogP contribution in [0.3, 0.4) is 0 Å². The Balaban J connectivity index is 1.67. The molecule has 4 unspecified atom stereocenters. The summed E-state index contributed by atoms with van der Waals surface area (Å²) < 4.78 is 1.87. The van der Waals surface area contributed by atoms with Crippen molar-refractivity contribution in [3.05, 3.63) is 53.3 Å². The molecule has 2 heterocycles. The van der Waals surface area contributed by atoms with Gasteiger partial charge in [0.05, 0.1) is 5.69 Å². The number of hydrogen-bond donors (Lipinski definition) is 1. The van der Waals surface area contributed by atoms with Gasteiger partial charge in [0.1, 0.15) is 6.54 Å². The molecule has 28 heavy (non-hydrogen) atoms. The summed E-state index contributed by atoms with van der Waals surface area (Å²) in [6.07, 6.45) is 5.17. The van der Waals surface area contributed by atoms with E-state index in [0.29, 0.717) is 22.5 Å². The second kappa shape index (κ2) is 7.63. The number of fused-ring (bicyclic) bond motifs is 1. The molecule has 2 aromatic rings.